The summed E-state index contributed by atoms with van der Waals surface area (Å²) >= 11 is 0. The largest absolute Gasteiger partial charge is 0.375 e. The molecule has 3 aliphatic rings. The maximum atomic E-state index is 5.61. The van der Waals surface area contributed by atoms with E-state index in [4.69, 9.17) is 4.74 Å². The summed E-state index contributed by atoms with van der Waals surface area (Å²) in [6.07, 6.45) is 14.8. The molecule has 0 spiro atoms. The summed E-state index contributed by atoms with van der Waals surface area (Å²) in [4.78, 5) is 0. The summed E-state index contributed by atoms with van der Waals surface area (Å²) in [5.41, 5.74) is 8.71. The molecule has 1 fully saturated rings. The first-order chi connectivity index (χ1) is 23.3. The van der Waals surface area contributed by atoms with Gasteiger partial charge < -0.3 is 4.74 Å². The number of hydrogen-bond donors (Lipinski definition) is 0. The topological polar surface area (TPSA) is 9.23 Å². The zero-order valence-electron chi connectivity index (χ0n) is 37.5. The maximum absolute atomic E-state index is 5.61. The Morgan fingerprint density at radius 3 is 1.41 bits per heavy atom. The Kier molecular flexibility index (Phi) is 18.2. The van der Waals surface area contributed by atoms with Crippen molar-refractivity contribution in [3.8, 4) is 0 Å². The summed E-state index contributed by atoms with van der Waals surface area (Å²) < 4.78 is 5.61. The summed E-state index contributed by atoms with van der Waals surface area (Å²) in [6, 6.07) is 13.7. The zero-order chi connectivity index (χ0) is 39.5. The average Bonchev–Trinajstić information content (AvgIpc) is 3.30. The van der Waals surface area contributed by atoms with Crippen molar-refractivity contribution >= 4 is 10.8 Å². The minimum Gasteiger partial charge on any atom is -0.375 e. The van der Waals surface area contributed by atoms with E-state index in [9.17, 15) is 0 Å². The van der Waals surface area contributed by atoms with Gasteiger partial charge >= 0.3 is 0 Å². The van der Waals surface area contributed by atoms with Crippen LogP contribution in [0.2, 0.25) is 0 Å². The SMILES string of the molecule is C1CCC1.CC.CC(C)(C)C1c2cccc3cccc(c23)C1C(C)(C)C.CC(C)OC(C)C(C)(C)C.CC1=CC(CC(C)(C)C)C(=C(C)C)C=C1. The van der Waals surface area contributed by atoms with Crippen LogP contribution in [-0.4, -0.2) is 12.2 Å². The van der Waals surface area contributed by atoms with Gasteiger partial charge in [-0.05, 0) is 109 Å². The fraction of sp³-hybridized carbons (Fsp3) is 0.680. The molecule has 0 saturated heterocycles. The molecule has 4 atom stereocenters. The van der Waals surface area contributed by atoms with E-state index in [-0.39, 0.29) is 16.2 Å². The van der Waals surface area contributed by atoms with Crippen LogP contribution in [0.15, 0.2) is 71.3 Å². The minimum atomic E-state index is 0.268. The lowest BCUT2D eigenvalue weighted by Crippen LogP contribution is -2.29. The lowest BCUT2D eigenvalue weighted by Gasteiger charge is -2.40. The summed E-state index contributed by atoms with van der Waals surface area (Å²) in [5, 5.41) is 2.93. The lowest BCUT2D eigenvalue weighted by molar-refractivity contribution is -0.0400. The van der Waals surface area contributed by atoms with Crippen molar-refractivity contribution in [1.82, 2.24) is 0 Å². The molecule has 3 aliphatic carbocycles. The molecule has 4 unspecified atom stereocenters. The van der Waals surface area contributed by atoms with Gasteiger partial charge in [-0.15, -0.1) is 0 Å². The first-order valence-electron chi connectivity index (χ1n) is 20.6. The Morgan fingerprint density at radius 2 is 1.12 bits per heavy atom. The van der Waals surface area contributed by atoms with Crippen LogP contribution in [0.25, 0.3) is 10.8 Å². The van der Waals surface area contributed by atoms with E-state index in [1.165, 1.54) is 59.6 Å². The van der Waals surface area contributed by atoms with Crippen molar-refractivity contribution < 1.29 is 4.74 Å². The Balaban J connectivity index is 0.000000370. The van der Waals surface area contributed by atoms with Gasteiger partial charge in [0.2, 0.25) is 0 Å². The van der Waals surface area contributed by atoms with Crippen molar-refractivity contribution in [2.75, 3.05) is 0 Å². The van der Waals surface area contributed by atoms with Gasteiger partial charge in [-0.25, -0.2) is 0 Å². The minimum absolute atomic E-state index is 0.268. The highest BCUT2D eigenvalue weighted by Crippen LogP contribution is 2.59. The summed E-state index contributed by atoms with van der Waals surface area (Å²) in [7, 11) is 0. The average molecular weight is 701 g/mol. The molecule has 0 amide bonds. The van der Waals surface area contributed by atoms with Gasteiger partial charge in [-0.2, -0.15) is 0 Å². The first kappa shape index (κ1) is 46.9. The third-order valence-electron chi connectivity index (χ3n) is 10.3. The van der Waals surface area contributed by atoms with Gasteiger partial charge in [0.1, 0.15) is 0 Å². The van der Waals surface area contributed by atoms with Crippen molar-refractivity contribution in [3.63, 3.8) is 0 Å². The van der Waals surface area contributed by atoms with E-state index in [0.717, 1.165) is 0 Å². The van der Waals surface area contributed by atoms with Crippen molar-refractivity contribution in [1.29, 1.82) is 0 Å². The molecule has 0 aromatic heterocycles. The lowest BCUT2D eigenvalue weighted by atomic mass is 9.63. The second kappa shape index (κ2) is 19.8. The van der Waals surface area contributed by atoms with Gasteiger partial charge in [0, 0.05) is 5.92 Å². The maximum Gasteiger partial charge on any atom is 0.0598 e. The quantitative estimate of drug-likeness (QED) is 0.310. The van der Waals surface area contributed by atoms with Gasteiger partial charge in [-0.3, -0.25) is 0 Å². The highest BCUT2D eigenvalue weighted by Gasteiger charge is 2.45. The standard InChI is InChI=1S/C20H26.C15H24.C9H20O.C4H8.C2H6/c1-19(2,3)17-14-11-7-9-13-10-8-12-15(16(13)14)18(17)20(4,5)6;1-11(2)14-8-7-12(3)9-13(14)10-15(4,5)6;1-7(2)10-8(3)9(4,5)6;1-2-4-3-1;1-2/h7-12,17-18H,1-6H3;7-9,13H,10H2,1-6H3;7-8H,1-6H3;1-4H2;1-2H3. The number of rotatable bonds is 3. The molecule has 51 heavy (non-hydrogen) atoms. The highest BCUT2D eigenvalue weighted by atomic mass is 16.5. The molecular formula is C50H84O. The van der Waals surface area contributed by atoms with Crippen LogP contribution in [0.1, 0.15) is 194 Å². The first-order valence-corrected chi connectivity index (χ1v) is 20.6. The van der Waals surface area contributed by atoms with Crippen LogP contribution in [0.3, 0.4) is 0 Å². The normalized spacial score (nSPS) is 20.3. The molecule has 0 bridgehead atoms. The smallest absolute Gasteiger partial charge is 0.0598 e. The highest BCUT2D eigenvalue weighted by molar-refractivity contribution is 5.92. The van der Waals surface area contributed by atoms with Crippen molar-refractivity contribution in [2.45, 2.75) is 195 Å². The Labute approximate surface area is 319 Å². The van der Waals surface area contributed by atoms with Gasteiger partial charge in [0.25, 0.3) is 0 Å². The fourth-order valence-corrected chi connectivity index (χ4v) is 7.25. The third kappa shape index (κ3) is 15.0. The number of hydrogen-bond acceptors (Lipinski definition) is 1. The molecule has 0 aliphatic heterocycles. The molecule has 0 heterocycles. The fourth-order valence-electron chi connectivity index (χ4n) is 7.25. The predicted octanol–water partition coefficient (Wildman–Crippen LogP) is 16.4. The Bertz CT molecular complexity index is 1350. The Morgan fingerprint density at radius 1 is 0.686 bits per heavy atom. The molecule has 2 aromatic carbocycles. The van der Waals surface area contributed by atoms with Crippen LogP contribution in [0, 0.1) is 27.6 Å². The molecule has 0 N–H and O–H groups in total. The van der Waals surface area contributed by atoms with Gasteiger partial charge in [-0.1, -0.05) is 188 Å². The third-order valence-corrected chi connectivity index (χ3v) is 10.3. The van der Waals surface area contributed by atoms with E-state index in [1.807, 2.05) is 13.8 Å². The molecular weight excluding hydrogens is 617 g/mol. The molecule has 1 heteroatoms. The van der Waals surface area contributed by atoms with Crippen LogP contribution >= 0.6 is 0 Å². The van der Waals surface area contributed by atoms with Crippen molar-refractivity contribution in [2.24, 2.45) is 27.6 Å². The van der Waals surface area contributed by atoms with E-state index >= 15 is 0 Å². The van der Waals surface area contributed by atoms with E-state index in [1.54, 1.807) is 11.1 Å². The Hall–Kier alpha value is -2.12. The van der Waals surface area contributed by atoms with E-state index in [0.29, 0.717) is 35.4 Å². The van der Waals surface area contributed by atoms with Crippen LogP contribution in [0.5, 0.6) is 0 Å². The van der Waals surface area contributed by atoms with Gasteiger partial charge in [0.15, 0.2) is 0 Å². The number of ether oxygens (including phenoxy) is 1. The predicted molar refractivity (Wildman–Crippen MR) is 232 cm³/mol. The molecule has 2 aromatic rings. The second-order valence-corrected chi connectivity index (χ2v) is 20.2. The van der Waals surface area contributed by atoms with Crippen LogP contribution in [-0.2, 0) is 4.74 Å². The molecule has 5 rings (SSSR count). The van der Waals surface area contributed by atoms with Crippen LogP contribution in [0.4, 0.5) is 0 Å². The number of benzene rings is 2. The van der Waals surface area contributed by atoms with E-state index < -0.39 is 0 Å². The van der Waals surface area contributed by atoms with E-state index in [2.05, 4.69) is 179 Å². The van der Waals surface area contributed by atoms with Crippen molar-refractivity contribution in [3.05, 3.63) is 82.5 Å². The molecule has 290 valence electrons. The monoisotopic (exact) mass is 701 g/mol. The van der Waals surface area contributed by atoms with Gasteiger partial charge in [0.05, 0.1) is 12.2 Å². The molecule has 0 radical (unpaired) electrons. The zero-order valence-corrected chi connectivity index (χ0v) is 37.5. The summed E-state index contributed by atoms with van der Waals surface area (Å²) in [5.74, 6) is 1.81. The summed E-state index contributed by atoms with van der Waals surface area (Å²) in [6.45, 7) is 44.8. The molecule has 1 nitrogen and oxygen atoms in total. The van der Waals surface area contributed by atoms with Crippen LogP contribution < -0.4 is 0 Å². The molecule has 1 saturated carbocycles. The number of allylic oxidation sites excluding steroid dienone is 6. The second-order valence-electron chi connectivity index (χ2n) is 20.2.